The van der Waals surface area contributed by atoms with Crippen LogP contribution in [0.3, 0.4) is 0 Å². The van der Waals surface area contributed by atoms with Gasteiger partial charge in [-0.1, -0.05) is 0 Å². The molecule has 1 aromatic heterocycles. The van der Waals surface area contributed by atoms with Crippen LogP contribution in [0.15, 0.2) is 12.4 Å². The van der Waals surface area contributed by atoms with Crippen LogP contribution < -0.4 is 5.73 Å². The van der Waals surface area contributed by atoms with Crippen molar-refractivity contribution in [1.82, 2.24) is 14.9 Å². The van der Waals surface area contributed by atoms with Crippen molar-refractivity contribution in [3.05, 3.63) is 23.8 Å². The quantitative estimate of drug-likeness (QED) is 0.904. The number of carbonyl (C=O) groups is 1. The zero-order valence-corrected chi connectivity index (χ0v) is 13.4. The monoisotopic (exact) mass is 320 g/mol. The summed E-state index contributed by atoms with van der Waals surface area (Å²) in [5.41, 5.74) is 7.19. The maximum Gasteiger partial charge on any atom is 0.274 e. The van der Waals surface area contributed by atoms with E-state index < -0.39 is 0 Å². The van der Waals surface area contributed by atoms with Crippen molar-refractivity contribution in [2.45, 2.75) is 45.2 Å². The minimum atomic E-state index is -0.0514. The number of piperidine rings is 1. The fourth-order valence-electron chi connectivity index (χ4n) is 2.41. The maximum absolute atomic E-state index is 12.4. The lowest BCUT2D eigenvalue weighted by atomic mass is 9.96. The standard InChI is InChI=1S/C13H20N4O.2ClH/c1-9-7-16-11(8-15-9)13(18)17-6-4-3-5-12(17)10(2)14;;/h7-8,10,12H,3-6,14H2,1-2H3;2*1H. The zero-order chi connectivity index (χ0) is 13.1. The summed E-state index contributed by atoms with van der Waals surface area (Å²) in [6, 6.07) is 0.113. The second-order valence-electron chi connectivity index (χ2n) is 4.96. The van der Waals surface area contributed by atoms with E-state index in [1.165, 1.54) is 0 Å². The fraction of sp³-hybridized carbons (Fsp3) is 0.615. The molecule has 5 nitrogen and oxygen atoms in total. The van der Waals surface area contributed by atoms with Crippen molar-refractivity contribution in [2.24, 2.45) is 5.73 Å². The molecule has 0 aliphatic carbocycles. The van der Waals surface area contributed by atoms with Crippen LogP contribution in [-0.2, 0) is 0 Å². The van der Waals surface area contributed by atoms with Gasteiger partial charge in [-0.2, -0.15) is 0 Å². The summed E-state index contributed by atoms with van der Waals surface area (Å²) in [6.07, 6.45) is 6.31. The molecule has 114 valence electrons. The van der Waals surface area contributed by atoms with Crippen molar-refractivity contribution in [3.63, 3.8) is 0 Å². The van der Waals surface area contributed by atoms with Gasteiger partial charge in [0, 0.05) is 24.8 Å². The lowest BCUT2D eigenvalue weighted by Crippen LogP contribution is -2.51. The number of aryl methyl sites for hydroxylation is 1. The number of hydrogen-bond acceptors (Lipinski definition) is 4. The number of likely N-dealkylation sites (tertiary alicyclic amines) is 1. The Morgan fingerprint density at radius 3 is 2.60 bits per heavy atom. The van der Waals surface area contributed by atoms with Gasteiger partial charge in [0.15, 0.2) is 0 Å². The van der Waals surface area contributed by atoms with Gasteiger partial charge in [-0.25, -0.2) is 4.98 Å². The van der Waals surface area contributed by atoms with E-state index in [0.717, 1.165) is 31.5 Å². The smallest absolute Gasteiger partial charge is 0.274 e. The zero-order valence-electron chi connectivity index (χ0n) is 11.8. The van der Waals surface area contributed by atoms with E-state index in [4.69, 9.17) is 5.73 Å². The summed E-state index contributed by atoms with van der Waals surface area (Å²) in [5.74, 6) is -0.0514. The Hall–Kier alpha value is -0.910. The van der Waals surface area contributed by atoms with E-state index in [0.29, 0.717) is 5.69 Å². The van der Waals surface area contributed by atoms with Gasteiger partial charge in [0.2, 0.25) is 0 Å². The Bertz CT molecular complexity index is 425. The Labute approximate surface area is 132 Å². The van der Waals surface area contributed by atoms with Crippen LogP contribution in [0.4, 0.5) is 0 Å². The van der Waals surface area contributed by atoms with E-state index in [2.05, 4.69) is 9.97 Å². The Balaban J connectivity index is 0.00000180. The molecular weight excluding hydrogens is 299 g/mol. The summed E-state index contributed by atoms with van der Waals surface area (Å²) >= 11 is 0. The first-order valence-electron chi connectivity index (χ1n) is 6.45. The second-order valence-corrected chi connectivity index (χ2v) is 4.96. The highest BCUT2D eigenvalue weighted by Crippen LogP contribution is 2.20. The topological polar surface area (TPSA) is 72.1 Å². The molecule has 1 aliphatic rings. The summed E-state index contributed by atoms with van der Waals surface area (Å²) < 4.78 is 0. The molecule has 1 fully saturated rings. The van der Waals surface area contributed by atoms with E-state index in [1.807, 2.05) is 18.7 Å². The fourth-order valence-corrected chi connectivity index (χ4v) is 2.41. The number of aromatic nitrogens is 2. The second kappa shape index (κ2) is 8.39. The van der Waals surface area contributed by atoms with Gasteiger partial charge in [-0.15, -0.1) is 24.8 Å². The van der Waals surface area contributed by atoms with Crippen LogP contribution in [0.25, 0.3) is 0 Å². The summed E-state index contributed by atoms with van der Waals surface area (Å²) in [7, 11) is 0. The molecule has 1 saturated heterocycles. The van der Waals surface area contributed by atoms with E-state index >= 15 is 0 Å². The van der Waals surface area contributed by atoms with Gasteiger partial charge in [-0.3, -0.25) is 9.78 Å². The molecule has 1 aliphatic heterocycles. The Morgan fingerprint density at radius 1 is 1.35 bits per heavy atom. The molecule has 0 aromatic carbocycles. The van der Waals surface area contributed by atoms with Crippen LogP contribution in [-0.4, -0.2) is 39.4 Å². The molecule has 0 saturated carbocycles. The van der Waals surface area contributed by atoms with Gasteiger partial charge in [0.25, 0.3) is 5.91 Å². The van der Waals surface area contributed by atoms with E-state index in [-0.39, 0.29) is 42.8 Å². The number of amides is 1. The molecule has 0 spiro atoms. The van der Waals surface area contributed by atoms with Crippen molar-refractivity contribution in [1.29, 1.82) is 0 Å². The molecule has 2 atom stereocenters. The number of hydrogen-bond donors (Lipinski definition) is 1. The minimum absolute atomic E-state index is 0. The van der Waals surface area contributed by atoms with Crippen molar-refractivity contribution in [3.8, 4) is 0 Å². The number of halogens is 2. The van der Waals surface area contributed by atoms with Crippen LogP contribution in [0.2, 0.25) is 0 Å². The number of rotatable bonds is 2. The van der Waals surface area contributed by atoms with Gasteiger partial charge in [0.1, 0.15) is 5.69 Å². The van der Waals surface area contributed by atoms with Gasteiger partial charge in [0.05, 0.1) is 11.9 Å². The Morgan fingerprint density at radius 2 is 2.05 bits per heavy atom. The lowest BCUT2D eigenvalue weighted by Gasteiger charge is -2.37. The van der Waals surface area contributed by atoms with Crippen LogP contribution in [0.1, 0.15) is 42.4 Å². The largest absolute Gasteiger partial charge is 0.333 e. The average molecular weight is 321 g/mol. The predicted octanol–water partition coefficient (Wildman–Crippen LogP) is 1.97. The number of nitrogens with two attached hydrogens (primary N) is 1. The lowest BCUT2D eigenvalue weighted by molar-refractivity contribution is 0.0577. The maximum atomic E-state index is 12.4. The average Bonchev–Trinajstić information content (AvgIpc) is 2.39. The van der Waals surface area contributed by atoms with Crippen LogP contribution in [0.5, 0.6) is 0 Å². The third-order valence-electron chi connectivity index (χ3n) is 3.42. The Kier molecular flexibility index (Phi) is 8.01. The molecule has 20 heavy (non-hydrogen) atoms. The summed E-state index contributed by atoms with van der Waals surface area (Å²) in [5, 5.41) is 0. The van der Waals surface area contributed by atoms with E-state index in [1.54, 1.807) is 12.4 Å². The first kappa shape index (κ1) is 19.1. The first-order valence-corrected chi connectivity index (χ1v) is 6.45. The summed E-state index contributed by atoms with van der Waals surface area (Å²) in [6.45, 7) is 4.57. The highest BCUT2D eigenvalue weighted by atomic mass is 35.5. The SMILES string of the molecule is Cc1cnc(C(=O)N2CCCCC2C(C)N)cn1.Cl.Cl. The number of nitrogens with zero attached hydrogens (tertiary/aromatic N) is 3. The molecule has 1 amide bonds. The first-order chi connectivity index (χ1) is 8.59. The third-order valence-corrected chi connectivity index (χ3v) is 3.42. The van der Waals surface area contributed by atoms with Gasteiger partial charge < -0.3 is 10.6 Å². The van der Waals surface area contributed by atoms with Crippen LogP contribution >= 0.6 is 24.8 Å². The van der Waals surface area contributed by atoms with Gasteiger partial charge in [-0.05, 0) is 33.1 Å². The van der Waals surface area contributed by atoms with Crippen molar-refractivity contribution in [2.75, 3.05) is 6.54 Å². The molecule has 2 heterocycles. The molecule has 2 unspecified atom stereocenters. The predicted molar refractivity (Wildman–Crippen MR) is 83.6 cm³/mol. The summed E-state index contributed by atoms with van der Waals surface area (Å²) in [4.78, 5) is 22.5. The third kappa shape index (κ3) is 4.30. The van der Waals surface area contributed by atoms with Gasteiger partial charge >= 0.3 is 0 Å². The number of carbonyl (C=O) groups excluding carboxylic acids is 1. The highest BCUT2D eigenvalue weighted by molar-refractivity contribution is 5.92. The normalized spacial score (nSPS) is 19.6. The highest BCUT2D eigenvalue weighted by Gasteiger charge is 2.30. The molecular formula is C13H22Cl2N4O. The molecule has 0 radical (unpaired) electrons. The molecule has 2 N–H and O–H groups in total. The molecule has 1 aromatic rings. The molecule has 0 bridgehead atoms. The molecule has 2 rings (SSSR count). The minimum Gasteiger partial charge on any atom is -0.333 e. The van der Waals surface area contributed by atoms with Crippen molar-refractivity contribution < 1.29 is 4.79 Å². The van der Waals surface area contributed by atoms with E-state index in [9.17, 15) is 4.79 Å². The van der Waals surface area contributed by atoms with Crippen molar-refractivity contribution >= 4 is 30.7 Å². The van der Waals surface area contributed by atoms with Crippen LogP contribution in [0, 0.1) is 6.92 Å². The molecule has 7 heteroatoms.